The van der Waals surface area contributed by atoms with Gasteiger partial charge >= 0.3 is 0 Å². The summed E-state index contributed by atoms with van der Waals surface area (Å²) >= 11 is 7.61. The average molecular weight is 264 g/mol. The summed E-state index contributed by atoms with van der Waals surface area (Å²) in [7, 11) is 0. The molecule has 0 unspecified atom stereocenters. The average Bonchev–Trinajstić information content (AvgIpc) is 2.75. The molecule has 1 aliphatic rings. The molecule has 0 N–H and O–H groups in total. The van der Waals surface area contributed by atoms with Crippen molar-refractivity contribution in [2.75, 3.05) is 0 Å². The van der Waals surface area contributed by atoms with Crippen molar-refractivity contribution in [3.8, 4) is 10.6 Å². The zero-order chi connectivity index (χ0) is 11.8. The first-order chi connectivity index (χ1) is 8.25. The van der Waals surface area contributed by atoms with Crippen molar-refractivity contribution in [1.29, 1.82) is 0 Å². The van der Waals surface area contributed by atoms with E-state index in [9.17, 15) is 4.79 Å². The van der Waals surface area contributed by atoms with Gasteiger partial charge in [-0.3, -0.25) is 4.79 Å². The molecule has 3 rings (SSSR count). The summed E-state index contributed by atoms with van der Waals surface area (Å²) in [6.07, 6.45) is 2.47. The topological polar surface area (TPSA) is 30.0 Å². The van der Waals surface area contributed by atoms with Crippen LogP contribution in [0.1, 0.15) is 28.2 Å². The second-order valence-corrected chi connectivity index (χ2v) is 5.46. The van der Waals surface area contributed by atoms with Gasteiger partial charge in [-0.15, -0.1) is 11.3 Å². The standard InChI is InChI=1S/C13H10ClNOS/c14-9-5-2-1-4-8(9)13-15-10-6-3-7-11(16)12(10)17-13/h1-2,4-5H,3,6-7H2. The van der Waals surface area contributed by atoms with Crippen molar-refractivity contribution < 1.29 is 4.79 Å². The van der Waals surface area contributed by atoms with Crippen LogP contribution in [0.25, 0.3) is 10.6 Å². The van der Waals surface area contributed by atoms with Gasteiger partial charge in [0.25, 0.3) is 0 Å². The van der Waals surface area contributed by atoms with Crippen LogP contribution < -0.4 is 0 Å². The smallest absolute Gasteiger partial charge is 0.174 e. The number of hydrogen-bond acceptors (Lipinski definition) is 3. The van der Waals surface area contributed by atoms with Crippen molar-refractivity contribution in [2.45, 2.75) is 19.3 Å². The second kappa shape index (κ2) is 4.24. The Hall–Kier alpha value is -1.19. The maximum atomic E-state index is 11.8. The highest BCUT2D eigenvalue weighted by molar-refractivity contribution is 7.17. The van der Waals surface area contributed by atoms with Crippen molar-refractivity contribution in [2.24, 2.45) is 0 Å². The molecule has 0 spiro atoms. The van der Waals surface area contributed by atoms with Gasteiger partial charge in [0.2, 0.25) is 0 Å². The molecule has 2 aromatic rings. The molecule has 17 heavy (non-hydrogen) atoms. The third kappa shape index (κ3) is 1.90. The van der Waals surface area contributed by atoms with Crippen LogP contribution in [0, 0.1) is 0 Å². The van der Waals surface area contributed by atoms with E-state index in [1.807, 2.05) is 24.3 Å². The van der Waals surface area contributed by atoms with Crippen molar-refractivity contribution in [3.05, 3.63) is 39.9 Å². The number of halogens is 1. The maximum absolute atomic E-state index is 11.8. The number of thiazole rings is 1. The van der Waals surface area contributed by atoms with Gasteiger partial charge in [-0.2, -0.15) is 0 Å². The fraction of sp³-hybridized carbons (Fsp3) is 0.231. The summed E-state index contributed by atoms with van der Waals surface area (Å²) in [5.74, 6) is 0.224. The molecule has 0 amide bonds. The summed E-state index contributed by atoms with van der Waals surface area (Å²) in [6, 6.07) is 7.62. The Morgan fingerprint density at radius 2 is 2.06 bits per heavy atom. The fourth-order valence-corrected chi connectivity index (χ4v) is 3.42. The number of aromatic nitrogens is 1. The summed E-state index contributed by atoms with van der Waals surface area (Å²) in [4.78, 5) is 17.1. The SMILES string of the molecule is O=C1CCCc2nc(-c3ccccc3Cl)sc21. The minimum atomic E-state index is 0.224. The highest BCUT2D eigenvalue weighted by Crippen LogP contribution is 2.35. The highest BCUT2D eigenvalue weighted by Gasteiger charge is 2.23. The number of ketones is 1. The van der Waals surface area contributed by atoms with Gasteiger partial charge in [-0.1, -0.05) is 29.8 Å². The molecule has 0 saturated carbocycles. The van der Waals surface area contributed by atoms with Crippen LogP contribution in [0.5, 0.6) is 0 Å². The predicted molar refractivity (Wildman–Crippen MR) is 69.8 cm³/mol. The number of carbonyl (C=O) groups excluding carboxylic acids is 1. The van der Waals surface area contributed by atoms with E-state index in [0.717, 1.165) is 34.0 Å². The van der Waals surface area contributed by atoms with E-state index in [1.54, 1.807) is 0 Å². The van der Waals surface area contributed by atoms with Gasteiger partial charge in [0.05, 0.1) is 15.6 Å². The largest absolute Gasteiger partial charge is 0.293 e. The molecule has 0 fully saturated rings. The van der Waals surface area contributed by atoms with Gasteiger partial charge in [0.15, 0.2) is 5.78 Å². The molecule has 0 saturated heterocycles. The van der Waals surface area contributed by atoms with Crippen molar-refractivity contribution in [3.63, 3.8) is 0 Å². The van der Waals surface area contributed by atoms with Gasteiger partial charge in [-0.25, -0.2) is 4.98 Å². The molecule has 1 aromatic heterocycles. The van der Waals surface area contributed by atoms with Crippen molar-refractivity contribution >= 4 is 28.7 Å². The number of Topliss-reactive ketones (excluding diaryl/α,β-unsaturated/α-hetero) is 1. The molecule has 2 nitrogen and oxygen atoms in total. The molecular formula is C13H10ClNOS. The van der Waals surface area contributed by atoms with E-state index in [4.69, 9.17) is 11.6 Å². The lowest BCUT2D eigenvalue weighted by molar-refractivity contribution is 0.0976. The predicted octanol–water partition coefficient (Wildman–Crippen LogP) is 3.98. The number of aryl methyl sites for hydroxylation is 1. The molecule has 1 heterocycles. The van der Waals surface area contributed by atoms with E-state index < -0.39 is 0 Å². The molecule has 0 aliphatic heterocycles. The van der Waals surface area contributed by atoms with Gasteiger partial charge < -0.3 is 0 Å². The van der Waals surface area contributed by atoms with Crippen LogP contribution in [0.3, 0.4) is 0 Å². The normalized spacial score (nSPS) is 14.8. The number of rotatable bonds is 1. The summed E-state index contributed by atoms with van der Waals surface area (Å²) in [6.45, 7) is 0. The fourth-order valence-electron chi connectivity index (χ4n) is 2.02. The minimum Gasteiger partial charge on any atom is -0.293 e. The van der Waals surface area contributed by atoms with Gasteiger partial charge in [0.1, 0.15) is 5.01 Å². The number of fused-ring (bicyclic) bond motifs is 1. The van der Waals surface area contributed by atoms with E-state index in [1.165, 1.54) is 11.3 Å². The third-order valence-corrected chi connectivity index (χ3v) is 4.37. The Morgan fingerprint density at radius 3 is 2.82 bits per heavy atom. The lowest BCUT2D eigenvalue weighted by atomic mass is 10.0. The molecule has 86 valence electrons. The first-order valence-corrected chi connectivity index (χ1v) is 6.73. The van der Waals surface area contributed by atoms with Crippen LogP contribution in [-0.4, -0.2) is 10.8 Å². The van der Waals surface area contributed by atoms with E-state index in [-0.39, 0.29) is 5.78 Å². The zero-order valence-electron chi connectivity index (χ0n) is 9.07. The summed E-state index contributed by atoms with van der Waals surface area (Å²) in [5.41, 5.74) is 1.86. The Bertz CT molecular complexity index is 591. The molecule has 0 atom stereocenters. The molecule has 1 aromatic carbocycles. The van der Waals surface area contributed by atoms with E-state index in [0.29, 0.717) is 11.4 Å². The van der Waals surface area contributed by atoms with E-state index in [2.05, 4.69) is 4.98 Å². The molecule has 4 heteroatoms. The van der Waals surface area contributed by atoms with Gasteiger partial charge in [0, 0.05) is 12.0 Å². The molecule has 0 radical (unpaired) electrons. The quantitative estimate of drug-likeness (QED) is 0.779. The summed E-state index contributed by atoms with van der Waals surface area (Å²) < 4.78 is 0. The molecule has 0 bridgehead atoms. The number of hydrogen-bond donors (Lipinski definition) is 0. The van der Waals surface area contributed by atoms with Crippen LogP contribution in [0.15, 0.2) is 24.3 Å². The van der Waals surface area contributed by atoms with Crippen molar-refractivity contribution in [1.82, 2.24) is 4.98 Å². The Kier molecular flexibility index (Phi) is 2.73. The lowest BCUT2D eigenvalue weighted by Crippen LogP contribution is -2.07. The number of carbonyl (C=O) groups is 1. The third-order valence-electron chi connectivity index (χ3n) is 2.87. The highest BCUT2D eigenvalue weighted by atomic mass is 35.5. The number of benzene rings is 1. The van der Waals surface area contributed by atoms with Crippen LogP contribution in [-0.2, 0) is 6.42 Å². The Balaban J connectivity index is 2.11. The first-order valence-electron chi connectivity index (χ1n) is 5.53. The molecular weight excluding hydrogens is 254 g/mol. The second-order valence-electron chi connectivity index (χ2n) is 4.05. The van der Waals surface area contributed by atoms with Gasteiger partial charge in [-0.05, 0) is 18.9 Å². The zero-order valence-corrected chi connectivity index (χ0v) is 10.6. The van der Waals surface area contributed by atoms with Crippen LogP contribution in [0.4, 0.5) is 0 Å². The molecule has 1 aliphatic carbocycles. The van der Waals surface area contributed by atoms with Crippen LogP contribution in [0.2, 0.25) is 5.02 Å². The Morgan fingerprint density at radius 1 is 1.24 bits per heavy atom. The minimum absolute atomic E-state index is 0.224. The maximum Gasteiger partial charge on any atom is 0.174 e. The lowest BCUT2D eigenvalue weighted by Gasteiger charge is -2.06. The van der Waals surface area contributed by atoms with Crippen LogP contribution >= 0.6 is 22.9 Å². The van der Waals surface area contributed by atoms with E-state index >= 15 is 0 Å². The Labute approximate surface area is 108 Å². The number of nitrogens with zero attached hydrogens (tertiary/aromatic N) is 1. The first kappa shape index (κ1) is 10.9. The monoisotopic (exact) mass is 263 g/mol. The summed E-state index contributed by atoms with van der Waals surface area (Å²) in [5, 5.41) is 1.54.